The average Bonchev–Trinajstić information content (AvgIpc) is 2.41. The van der Waals surface area contributed by atoms with E-state index in [1.165, 1.54) is 12.1 Å². The van der Waals surface area contributed by atoms with Crippen molar-refractivity contribution in [2.24, 2.45) is 0 Å². The second-order valence-electron chi connectivity index (χ2n) is 4.01. The molecule has 0 spiro atoms. The van der Waals surface area contributed by atoms with Crippen LogP contribution in [0.25, 0.3) is 0 Å². The van der Waals surface area contributed by atoms with Gasteiger partial charge in [0, 0.05) is 32.9 Å². The van der Waals surface area contributed by atoms with Crippen molar-refractivity contribution >= 4 is 11.6 Å². The van der Waals surface area contributed by atoms with Gasteiger partial charge in [-0.3, -0.25) is 4.79 Å². The Hall–Kier alpha value is -1.66. The fourth-order valence-electron chi connectivity index (χ4n) is 1.56. The molecular formula is C13H19FN2O3. The number of ether oxygens (including phenoxy) is 2. The molecule has 0 saturated carbocycles. The fourth-order valence-corrected chi connectivity index (χ4v) is 1.56. The van der Waals surface area contributed by atoms with Crippen molar-refractivity contribution in [3.8, 4) is 0 Å². The molecule has 0 unspecified atom stereocenters. The summed E-state index contributed by atoms with van der Waals surface area (Å²) in [7, 11) is 3.11. The number of benzene rings is 1. The Kier molecular flexibility index (Phi) is 6.24. The van der Waals surface area contributed by atoms with E-state index in [1.807, 2.05) is 0 Å². The Bertz CT molecular complexity index is 418. The molecule has 1 amide bonds. The van der Waals surface area contributed by atoms with Crippen LogP contribution in [-0.4, -0.2) is 51.3 Å². The summed E-state index contributed by atoms with van der Waals surface area (Å²) in [5.74, 6) is -0.864. The first kappa shape index (κ1) is 15.4. The zero-order chi connectivity index (χ0) is 14.3. The number of nitrogens with zero attached hydrogens (tertiary/aromatic N) is 1. The lowest BCUT2D eigenvalue weighted by Gasteiger charge is -2.22. The summed E-state index contributed by atoms with van der Waals surface area (Å²) in [6.45, 7) is 1.66. The highest BCUT2D eigenvalue weighted by molar-refractivity contribution is 5.94. The van der Waals surface area contributed by atoms with Gasteiger partial charge in [0.25, 0.3) is 5.91 Å². The predicted molar refractivity (Wildman–Crippen MR) is 70.5 cm³/mol. The molecule has 19 heavy (non-hydrogen) atoms. The highest BCUT2D eigenvalue weighted by Crippen LogP contribution is 2.13. The van der Waals surface area contributed by atoms with E-state index in [4.69, 9.17) is 15.2 Å². The second-order valence-corrected chi connectivity index (χ2v) is 4.01. The Morgan fingerprint density at radius 2 is 1.84 bits per heavy atom. The molecule has 0 fully saturated rings. The van der Waals surface area contributed by atoms with Crippen LogP contribution in [0.5, 0.6) is 0 Å². The van der Waals surface area contributed by atoms with Gasteiger partial charge in [-0.05, 0) is 18.2 Å². The van der Waals surface area contributed by atoms with Gasteiger partial charge in [-0.15, -0.1) is 0 Å². The number of carbonyl (C=O) groups is 1. The topological polar surface area (TPSA) is 64.8 Å². The molecule has 1 aromatic carbocycles. The molecule has 5 nitrogen and oxygen atoms in total. The third-order valence-corrected chi connectivity index (χ3v) is 2.67. The van der Waals surface area contributed by atoms with Gasteiger partial charge in [-0.1, -0.05) is 0 Å². The maximum Gasteiger partial charge on any atom is 0.254 e. The molecule has 0 radical (unpaired) electrons. The molecule has 106 valence electrons. The van der Waals surface area contributed by atoms with Gasteiger partial charge in [-0.2, -0.15) is 0 Å². The number of anilines is 1. The minimum absolute atomic E-state index is 0.0249. The van der Waals surface area contributed by atoms with Crippen molar-refractivity contribution in [2.75, 3.05) is 46.3 Å². The van der Waals surface area contributed by atoms with Crippen molar-refractivity contribution in [2.45, 2.75) is 0 Å². The van der Waals surface area contributed by atoms with Crippen LogP contribution in [0.4, 0.5) is 10.1 Å². The first-order valence-electron chi connectivity index (χ1n) is 5.92. The van der Waals surface area contributed by atoms with E-state index in [1.54, 1.807) is 19.1 Å². The van der Waals surface area contributed by atoms with Gasteiger partial charge in [0.05, 0.1) is 18.9 Å². The van der Waals surface area contributed by atoms with Crippen molar-refractivity contribution < 1.29 is 18.7 Å². The van der Waals surface area contributed by atoms with Crippen molar-refractivity contribution in [1.82, 2.24) is 4.90 Å². The minimum Gasteiger partial charge on any atom is -0.396 e. The van der Waals surface area contributed by atoms with E-state index in [-0.39, 0.29) is 17.2 Å². The molecule has 1 aromatic rings. The van der Waals surface area contributed by atoms with E-state index in [0.717, 1.165) is 6.07 Å². The number of halogens is 1. The minimum atomic E-state index is -0.593. The molecule has 1 rings (SSSR count). The third-order valence-electron chi connectivity index (χ3n) is 2.67. The van der Waals surface area contributed by atoms with Crippen LogP contribution < -0.4 is 5.73 Å². The highest BCUT2D eigenvalue weighted by Gasteiger charge is 2.16. The number of amides is 1. The van der Waals surface area contributed by atoms with Crippen molar-refractivity contribution in [3.05, 3.63) is 29.6 Å². The molecule has 0 heterocycles. The maximum atomic E-state index is 13.4. The van der Waals surface area contributed by atoms with Crippen LogP contribution in [0.2, 0.25) is 0 Å². The lowest BCUT2D eigenvalue weighted by Crippen LogP contribution is -2.36. The number of hydrogen-bond acceptors (Lipinski definition) is 4. The molecule has 6 heteroatoms. The third kappa shape index (κ3) is 4.50. The molecular weight excluding hydrogens is 251 g/mol. The van der Waals surface area contributed by atoms with Crippen LogP contribution in [0.3, 0.4) is 0 Å². The standard InChI is InChI=1S/C13H19FN2O3/c1-18-7-5-16(6-8-19-2)13(17)10-3-4-12(15)11(14)9-10/h3-4,9H,5-8,15H2,1-2H3. The first-order chi connectivity index (χ1) is 9.10. The van der Waals surface area contributed by atoms with Crippen LogP contribution in [0.1, 0.15) is 10.4 Å². The summed E-state index contributed by atoms with van der Waals surface area (Å²) >= 11 is 0. The van der Waals surface area contributed by atoms with Gasteiger partial charge in [0.2, 0.25) is 0 Å². The number of nitrogen functional groups attached to an aromatic ring is 1. The van der Waals surface area contributed by atoms with Crippen LogP contribution >= 0.6 is 0 Å². The lowest BCUT2D eigenvalue weighted by atomic mass is 10.1. The van der Waals surface area contributed by atoms with Gasteiger partial charge < -0.3 is 20.1 Å². The van der Waals surface area contributed by atoms with Crippen molar-refractivity contribution in [3.63, 3.8) is 0 Å². The van der Waals surface area contributed by atoms with E-state index in [2.05, 4.69) is 0 Å². The molecule has 2 N–H and O–H groups in total. The number of methoxy groups -OCH3 is 2. The number of hydrogen-bond donors (Lipinski definition) is 1. The largest absolute Gasteiger partial charge is 0.396 e. The number of carbonyl (C=O) groups excluding carboxylic acids is 1. The second kappa shape index (κ2) is 7.70. The normalized spacial score (nSPS) is 10.5. The maximum absolute atomic E-state index is 13.4. The zero-order valence-electron chi connectivity index (χ0n) is 11.2. The van der Waals surface area contributed by atoms with Gasteiger partial charge >= 0.3 is 0 Å². The quantitative estimate of drug-likeness (QED) is 0.755. The zero-order valence-corrected chi connectivity index (χ0v) is 11.2. The summed E-state index contributed by atoms with van der Waals surface area (Å²) in [5.41, 5.74) is 5.67. The van der Waals surface area contributed by atoms with E-state index < -0.39 is 5.82 Å². The van der Waals surface area contributed by atoms with Gasteiger partial charge in [-0.25, -0.2) is 4.39 Å². The molecule has 0 aliphatic heterocycles. The summed E-state index contributed by atoms with van der Waals surface area (Å²) < 4.78 is 23.3. The van der Waals surface area contributed by atoms with E-state index in [0.29, 0.717) is 26.3 Å². The van der Waals surface area contributed by atoms with Gasteiger partial charge in [0.15, 0.2) is 0 Å². The Morgan fingerprint density at radius 3 is 2.32 bits per heavy atom. The Balaban J connectivity index is 2.81. The molecule has 0 aromatic heterocycles. The molecule has 0 aliphatic rings. The predicted octanol–water partition coefficient (Wildman–Crippen LogP) is 1.14. The SMILES string of the molecule is COCCN(CCOC)C(=O)c1ccc(N)c(F)c1. The molecule has 0 aliphatic carbocycles. The van der Waals surface area contributed by atoms with E-state index >= 15 is 0 Å². The Morgan fingerprint density at radius 1 is 1.26 bits per heavy atom. The summed E-state index contributed by atoms with van der Waals surface area (Å²) in [6.07, 6.45) is 0. The van der Waals surface area contributed by atoms with Crippen LogP contribution in [0.15, 0.2) is 18.2 Å². The summed E-state index contributed by atoms with van der Waals surface area (Å²) in [4.78, 5) is 13.8. The monoisotopic (exact) mass is 270 g/mol. The van der Waals surface area contributed by atoms with Crippen LogP contribution in [-0.2, 0) is 9.47 Å². The molecule has 0 atom stereocenters. The molecule has 0 saturated heterocycles. The summed E-state index contributed by atoms with van der Waals surface area (Å²) in [5, 5.41) is 0. The van der Waals surface area contributed by atoms with Gasteiger partial charge in [0.1, 0.15) is 5.82 Å². The van der Waals surface area contributed by atoms with E-state index in [9.17, 15) is 9.18 Å². The fraction of sp³-hybridized carbons (Fsp3) is 0.462. The van der Waals surface area contributed by atoms with Crippen molar-refractivity contribution in [1.29, 1.82) is 0 Å². The highest BCUT2D eigenvalue weighted by atomic mass is 19.1. The smallest absolute Gasteiger partial charge is 0.254 e. The molecule has 0 bridgehead atoms. The lowest BCUT2D eigenvalue weighted by molar-refractivity contribution is 0.0627. The first-order valence-corrected chi connectivity index (χ1v) is 5.92. The Labute approximate surface area is 112 Å². The average molecular weight is 270 g/mol. The number of rotatable bonds is 7. The number of nitrogens with two attached hydrogens (primary N) is 1. The summed E-state index contributed by atoms with van der Waals surface area (Å²) in [6, 6.07) is 4.03. The van der Waals surface area contributed by atoms with Crippen LogP contribution in [0, 0.1) is 5.82 Å².